The summed E-state index contributed by atoms with van der Waals surface area (Å²) in [6.45, 7) is 7.34. The lowest BCUT2D eigenvalue weighted by molar-refractivity contribution is 0.0546. The molecule has 7 nitrogen and oxygen atoms in total. The molecule has 0 radical (unpaired) electrons. The van der Waals surface area contributed by atoms with Gasteiger partial charge in [0.1, 0.15) is 0 Å². The minimum atomic E-state index is -0.269. The van der Waals surface area contributed by atoms with Crippen LogP contribution in [0.4, 0.5) is 0 Å². The predicted molar refractivity (Wildman–Crippen MR) is 85.1 cm³/mol. The van der Waals surface area contributed by atoms with E-state index in [9.17, 15) is 9.59 Å². The van der Waals surface area contributed by atoms with Crippen LogP contribution in [0.5, 0.6) is 0 Å². The number of piperazine rings is 1. The molecule has 0 bridgehead atoms. The minimum Gasteiger partial charge on any atom is -0.383 e. The minimum absolute atomic E-state index is 0.245. The molecule has 1 aromatic heterocycles. The molecule has 7 heteroatoms. The van der Waals surface area contributed by atoms with Crippen molar-refractivity contribution in [3.8, 4) is 0 Å². The molecular formula is C15H26N4O3. The van der Waals surface area contributed by atoms with Crippen LogP contribution in [0.25, 0.3) is 0 Å². The first-order valence-corrected chi connectivity index (χ1v) is 7.65. The van der Waals surface area contributed by atoms with Gasteiger partial charge in [0, 0.05) is 71.7 Å². The van der Waals surface area contributed by atoms with Crippen molar-refractivity contribution < 1.29 is 4.74 Å². The number of rotatable bonds is 5. The SMILES string of the molecule is COCCN1CCN(Cc2cc(=O)n(C)c(=O)n2C)C[C@@H]1C. The maximum Gasteiger partial charge on any atom is 0.330 e. The van der Waals surface area contributed by atoms with Crippen molar-refractivity contribution in [2.75, 3.05) is 39.9 Å². The highest BCUT2D eigenvalue weighted by atomic mass is 16.5. The normalized spacial score (nSPS) is 20.5. The first kappa shape index (κ1) is 16.9. The van der Waals surface area contributed by atoms with Gasteiger partial charge in [-0.05, 0) is 6.92 Å². The largest absolute Gasteiger partial charge is 0.383 e. The third-order valence-corrected chi connectivity index (χ3v) is 4.44. The predicted octanol–water partition coefficient (Wildman–Crippen LogP) is -0.763. The van der Waals surface area contributed by atoms with Crippen molar-refractivity contribution in [3.63, 3.8) is 0 Å². The summed E-state index contributed by atoms with van der Waals surface area (Å²) in [6.07, 6.45) is 0. The van der Waals surface area contributed by atoms with Crippen LogP contribution in [0.15, 0.2) is 15.7 Å². The molecule has 22 heavy (non-hydrogen) atoms. The highest BCUT2D eigenvalue weighted by Crippen LogP contribution is 2.11. The van der Waals surface area contributed by atoms with E-state index in [1.54, 1.807) is 24.8 Å². The molecule has 0 aliphatic carbocycles. The lowest BCUT2D eigenvalue weighted by Crippen LogP contribution is -2.52. The van der Waals surface area contributed by atoms with Gasteiger partial charge in [-0.15, -0.1) is 0 Å². The number of hydrogen-bond donors (Lipinski definition) is 0. The average molecular weight is 310 g/mol. The molecule has 1 aliphatic rings. The molecule has 0 N–H and O–H groups in total. The fraction of sp³-hybridized carbons (Fsp3) is 0.733. The average Bonchev–Trinajstić information content (AvgIpc) is 2.50. The van der Waals surface area contributed by atoms with E-state index in [1.165, 1.54) is 7.05 Å². The fourth-order valence-corrected chi connectivity index (χ4v) is 2.91. The zero-order chi connectivity index (χ0) is 16.3. The highest BCUT2D eigenvalue weighted by molar-refractivity contribution is 5.02. The second-order valence-electron chi connectivity index (χ2n) is 5.99. The molecule has 124 valence electrons. The monoisotopic (exact) mass is 310 g/mol. The van der Waals surface area contributed by atoms with Crippen molar-refractivity contribution in [2.45, 2.75) is 19.5 Å². The van der Waals surface area contributed by atoms with E-state index in [-0.39, 0.29) is 11.2 Å². The lowest BCUT2D eigenvalue weighted by atomic mass is 10.2. The van der Waals surface area contributed by atoms with Crippen molar-refractivity contribution in [2.24, 2.45) is 14.1 Å². The van der Waals surface area contributed by atoms with Gasteiger partial charge in [-0.1, -0.05) is 0 Å². The first-order chi connectivity index (χ1) is 10.4. The van der Waals surface area contributed by atoms with Crippen molar-refractivity contribution in [1.82, 2.24) is 18.9 Å². The number of aromatic nitrogens is 2. The van der Waals surface area contributed by atoms with E-state index < -0.39 is 0 Å². The zero-order valence-electron chi connectivity index (χ0n) is 13.9. The summed E-state index contributed by atoms with van der Waals surface area (Å²) in [7, 11) is 4.94. The highest BCUT2D eigenvalue weighted by Gasteiger charge is 2.23. The smallest absolute Gasteiger partial charge is 0.330 e. The van der Waals surface area contributed by atoms with E-state index in [4.69, 9.17) is 4.74 Å². The molecule has 1 aromatic rings. The molecule has 1 aliphatic heterocycles. The van der Waals surface area contributed by atoms with Gasteiger partial charge < -0.3 is 4.74 Å². The third-order valence-electron chi connectivity index (χ3n) is 4.44. The second kappa shape index (κ2) is 7.21. The van der Waals surface area contributed by atoms with Gasteiger partial charge in [0.25, 0.3) is 5.56 Å². The van der Waals surface area contributed by atoms with E-state index in [0.29, 0.717) is 12.6 Å². The van der Waals surface area contributed by atoms with Crippen LogP contribution in [0.3, 0.4) is 0 Å². The first-order valence-electron chi connectivity index (χ1n) is 7.65. The Morgan fingerprint density at radius 2 is 1.95 bits per heavy atom. The Hall–Kier alpha value is -1.44. The van der Waals surface area contributed by atoms with Gasteiger partial charge in [0.05, 0.1) is 6.61 Å². The number of methoxy groups -OCH3 is 1. The summed E-state index contributed by atoms with van der Waals surface area (Å²) in [4.78, 5) is 28.5. The van der Waals surface area contributed by atoms with E-state index >= 15 is 0 Å². The van der Waals surface area contributed by atoms with Gasteiger partial charge in [-0.3, -0.25) is 23.7 Å². The Bertz CT molecular complexity index is 622. The maximum absolute atomic E-state index is 12.0. The third kappa shape index (κ3) is 3.66. The molecule has 2 rings (SSSR count). The van der Waals surface area contributed by atoms with Crippen LogP contribution in [0.2, 0.25) is 0 Å². The van der Waals surface area contributed by atoms with Crippen LogP contribution >= 0.6 is 0 Å². The summed E-state index contributed by atoms with van der Waals surface area (Å²) in [5.41, 5.74) is 0.254. The molecule has 0 spiro atoms. The number of ether oxygens (including phenoxy) is 1. The van der Waals surface area contributed by atoms with Gasteiger partial charge >= 0.3 is 5.69 Å². The van der Waals surface area contributed by atoms with E-state index in [1.807, 2.05) is 0 Å². The topological polar surface area (TPSA) is 59.7 Å². The summed E-state index contributed by atoms with van der Waals surface area (Å²) < 4.78 is 7.83. The molecule has 0 unspecified atom stereocenters. The number of hydrogen-bond acceptors (Lipinski definition) is 5. The van der Waals surface area contributed by atoms with Crippen molar-refractivity contribution in [1.29, 1.82) is 0 Å². The standard InChI is InChI=1S/C15H26N4O3/c1-12-10-18(5-6-19(12)7-8-22-4)11-13-9-14(20)17(3)15(21)16(13)2/h9,12H,5-8,10-11H2,1-4H3/t12-/m0/s1. The Balaban J connectivity index is 2.04. The molecule has 1 saturated heterocycles. The van der Waals surface area contributed by atoms with E-state index in [2.05, 4.69) is 16.7 Å². The molecule has 2 heterocycles. The van der Waals surface area contributed by atoms with Crippen LogP contribution in [-0.2, 0) is 25.4 Å². The Morgan fingerprint density at radius 1 is 1.23 bits per heavy atom. The maximum atomic E-state index is 12.0. The Morgan fingerprint density at radius 3 is 2.59 bits per heavy atom. The van der Waals surface area contributed by atoms with Gasteiger partial charge in [0.15, 0.2) is 0 Å². The number of nitrogens with zero attached hydrogens (tertiary/aromatic N) is 4. The van der Waals surface area contributed by atoms with E-state index in [0.717, 1.165) is 43.0 Å². The van der Waals surface area contributed by atoms with Crippen molar-refractivity contribution in [3.05, 3.63) is 32.6 Å². The summed E-state index contributed by atoms with van der Waals surface area (Å²) in [6, 6.07) is 2.00. The summed E-state index contributed by atoms with van der Waals surface area (Å²) in [5.74, 6) is 0. The summed E-state index contributed by atoms with van der Waals surface area (Å²) >= 11 is 0. The zero-order valence-corrected chi connectivity index (χ0v) is 13.9. The second-order valence-corrected chi connectivity index (χ2v) is 5.99. The van der Waals surface area contributed by atoms with Gasteiger partial charge in [-0.25, -0.2) is 4.79 Å². The molecule has 0 saturated carbocycles. The van der Waals surface area contributed by atoms with Crippen LogP contribution in [0.1, 0.15) is 12.6 Å². The Labute approximate surface area is 130 Å². The van der Waals surface area contributed by atoms with Crippen LogP contribution in [-0.4, -0.2) is 64.9 Å². The van der Waals surface area contributed by atoms with Crippen LogP contribution in [0, 0.1) is 0 Å². The van der Waals surface area contributed by atoms with Gasteiger partial charge in [0.2, 0.25) is 0 Å². The summed E-state index contributed by atoms with van der Waals surface area (Å²) in [5, 5.41) is 0. The van der Waals surface area contributed by atoms with Crippen LogP contribution < -0.4 is 11.2 Å². The molecule has 1 atom stereocenters. The molecule has 1 fully saturated rings. The molecule has 0 aromatic carbocycles. The van der Waals surface area contributed by atoms with Gasteiger partial charge in [-0.2, -0.15) is 0 Å². The fourth-order valence-electron chi connectivity index (χ4n) is 2.91. The quantitative estimate of drug-likeness (QED) is 0.715. The lowest BCUT2D eigenvalue weighted by Gasteiger charge is -2.39. The Kier molecular flexibility index (Phi) is 5.55. The van der Waals surface area contributed by atoms with Crippen molar-refractivity contribution >= 4 is 0 Å². The molecular weight excluding hydrogens is 284 g/mol. The molecule has 0 amide bonds.